The van der Waals surface area contributed by atoms with Crippen molar-refractivity contribution in [3.63, 3.8) is 0 Å². The van der Waals surface area contributed by atoms with Crippen LogP contribution in [0.2, 0.25) is 0 Å². The van der Waals surface area contributed by atoms with Crippen molar-refractivity contribution < 1.29 is 29.0 Å². The average Bonchev–Trinajstić information content (AvgIpc) is 2.95. The predicted octanol–water partition coefficient (Wildman–Crippen LogP) is 3.51. The second kappa shape index (κ2) is 17.2. The Bertz CT molecular complexity index is 1040. The summed E-state index contributed by atoms with van der Waals surface area (Å²) in [5, 5.41) is 14.5. The third-order valence-electron chi connectivity index (χ3n) is 6.67. The number of aliphatic hydroxyl groups excluding tert-OH is 1. The van der Waals surface area contributed by atoms with Gasteiger partial charge in [-0.15, -0.1) is 0 Å². The first kappa shape index (κ1) is 30.1. The monoisotopic (exact) mass is 536 g/mol. The van der Waals surface area contributed by atoms with Crippen LogP contribution in [0.25, 0.3) is 0 Å². The molecule has 8 nitrogen and oxygen atoms in total. The van der Waals surface area contributed by atoms with Crippen molar-refractivity contribution in [2.24, 2.45) is 11.8 Å². The Labute approximate surface area is 230 Å². The van der Waals surface area contributed by atoms with Crippen LogP contribution in [0.3, 0.4) is 0 Å². The summed E-state index contributed by atoms with van der Waals surface area (Å²) >= 11 is 0. The molecule has 8 heteroatoms. The maximum Gasteiger partial charge on any atom is 0.309 e. The molecule has 0 radical (unpaired) electrons. The summed E-state index contributed by atoms with van der Waals surface area (Å²) in [6.45, 7) is 0.850. The number of hydrogen-bond donors (Lipinski definition) is 3. The van der Waals surface area contributed by atoms with Gasteiger partial charge in [-0.3, -0.25) is 14.4 Å². The van der Waals surface area contributed by atoms with Gasteiger partial charge < -0.3 is 25.2 Å². The van der Waals surface area contributed by atoms with E-state index in [1.165, 1.54) is 0 Å². The summed E-state index contributed by atoms with van der Waals surface area (Å²) < 4.78 is 11.2. The first-order valence-electron chi connectivity index (χ1n) is 13.7. The normalized spacial score (nSPS) is 20.9. The molecular formula is C31H40N2O6. The fraction of sp³-hybridized carbons (Fsp3) is 0.452. The standard InChI is InChI=1S/C31H40N2O6/c34-18-20-38-19-17-32-29(35)22-26-15-7-1-2-8-16-27(21-24-11-5-3-6-12-24)31(37)39-28(23-33-30(26)36)25-13-9-4-10-14-25/h1,3-7,9-14,26-28,34H,2,8,15-23H2,(H,32,35)(H,33,36). The number of amides is 2. The van der Waals surface area contributed by atoms with E-state index < -0.39 is 12.0 Å². The molecule has 210 valence electrons. The van der Waals surface area contributed by atoms with E-state index in [0.717, 1.165) is 24.0 Å². The van der Waals surface area contributed by atoms with Gasteiger partial charge in [-0.2, -0.15) is 0 Å². The largest absolute Gasteiger partial charge is 0.455 e. The minimum atomic E-state index is -0.641. The van der Waals surface area contributed by atoms with Gasteiger partial charge in [-0.25, -0.2) is 0 Å². The number of carbonyl (C=O) groups excluding carboxylic acids is 3. The van der Waals surface area contributed by atoms with Gasteiger partial charge in [-0.1, -0.05) is 72.8 Å². The van der Waals surface area contributed by atoms with E-state index in [1.807, 2.05) is 72.8 Å². The number of rotatable bonds is 10. The van der Waals surface area contributed by atoms with Gasteiger partial charge in [0.25, 0.3) is 0 Å². The lowest BCUT2D eigenvalue weighted by Crippen LogP contribution is -2.38. The molecule has 3 unspecified atom stereocenters. The van der Waals surface area contributed by atoms with E-state index in [0.29, 0.717) is 32.4 Å². The Morgan fingerprint density at radius 3 is 2.49 bits per heavy atom. The summed E-state index contributed by atoms with van der Waals surface area (Å²) in [4.78, 5) is 39.1. The number of carbonyl (C=O) groups is 3. The summed E-state index contributed by atoms with van der Waals surface area (Å²) in [5.41, 5.74) is 1.88. The fourth-order valence-corrected chi connectivity index (χ4v) is 4.54. The first-order valence-corrected chi connectivity index (χ1v) is 13.7. The maximum absolute atomic E-state index is 13.4. The SMILES string of the molecule is O=C(CC1CC=CCCCC(Cc2ccccc2)C(=O)OC(c2ccccc2)CNC1=O)NCCOCCO. The van der Waals surface area contributed by atoms with Gasteiger partial charge in [0.15, 0.2) is 0 Å². The van der Waals surface area contributed by atoms with Crippen molar-refractivity contribution in [2.45, 2.75) is 44.6 Å². The molecular weight excluding hydrogens is 496 g/mol. The van der Waals surface area contributed by atoms with Crippen LogP contribution in [0.1, 0.15) is 49.3 Å². The lowest BCUT2D eigenvalue weighted by Gasteiger charge is -2.24. The smallest absolute Gasteiger partial charge is 0.309 e. The minimum absolute atomic E-state index is 0.0329. The molecule has 1 heterocycles. The third kappa shape index (κ3) is 11.0. The summed E-state index contributed by atoms with van der Waals surface area (Å²) in [6.07, 6.45) is 6.66. The molecule has 2 amide bonds. The first-order chi connectivity index (χ1) is 19.1. The van der Waals surface area contributed by atoms with Crippen molar-refractivity contribution in [2.75, 3.05) is 32.9 Å². The quantitative estimate of drug-likeness (QED) is 0.243. The number of hydrogen-bond acceptors (Lipinski definition) is 6. The highest BCUT2D eigenvalue weighted by atomic mass is 16.5. The number of aliphatic hydroxyl groups is 1. The molecule has 0 bridgehead atoms. The van der Waals surface area contributed by atoms with Crippen molar-refractivity contribution in [1.29, 1.82) is 0 Å². The van der Waals surface area contributed by atoms with Crippen LogP contribution in [-0.4, -0.2) is 55.8 Å². The Morgan fingerprint density at radius 1 is 1.00 bits per heavy atom. The maximum atomic E-state index is 13.4. The lowest BCUT2D eigenvalue weighted by molar-refractivity contribution is -0.155. The summed E-state index contributed by atoms with van der Waals surface area (Å²) in [6, 6.07) is 19.3. The van der Waals surface area contributed by atoms with Crippen LogP contribution >= 0.6 is 0 Å². The Kier molecular flexibility index (Phi) is 13.2. The Morgan fingerprint density at radius 2 is 1.74 bits per heavy atom. The van der Waals surface area contributed by atoms with E-state index in [-0.39, 0.29) is 49.9 Å². The molecule has 3 rings (SSSR count). The second-order valence-electron chi connectivity index (χ2n) is 9.69. The molecule has 0 fully saturated rings. The van der Waals surface area contributed by atoms with Crippen LogP contribution in [0, 0.1) is 11.8 Å². The lowest BCUT2D eigenvalue weighted by atomic mass is 9.93. The number of cyclic esters (lactones) is 1. The molecule has 39 heavy (non-hydrogen) atoms. The zero-order valence-electron chi connectivity index (χ0n) is 22.4. The van der Waals surface area contributed by atoms with Gasteiger partial charge in [0.2, 0.25) is 11.8 Å². The molecule has 1 aliphatic heterocycles. The molecule has 0 spiro atoms. The van der Waals surface area contributed by atoms with Gasteiger partial charge in [0.1, 0.15) is 6.10 Å². The molecule has 3 N–H and O–H groups in total. The minimum Gasteiger partial charge on any atom is -0.455 e. The van der Waals surface area contributed by atoms with E-state index >= 15 is 0 Å². The van der Waals surface area contributed by atoms with Crippen molar-refractivity contribution in [1.82, 2.24) is 10.6 Å². The predicted molar refractivity (Wildman–Crippen MR) is 149 cm³/mol. The van der Waals surface area contributed by atoms with Gasteiger partial charge in [0.05, 0.1) is 38.2 Å². The summed E-state index contributed by atoms with van der Waals surface area (Å²) in [5.74, 6) is -1.63. The number of nitrogens with one attached hydrogen (secondary N) is 2. The molecule has 2 aromatic carbocycles. The highest BCUT2D eigenvalue weighted by Gasteiger charge is 2.27. The highest BCUT2D eigenvalue weighted by molar-refractivity contribution is 5.86. The zero-order chi connectivity index (χ0) is 27.7. The van der Waals surface area contributed by atoms with Crippen molar-refractivity contribution >= 4 is 17.8 Å². The van der Waals surface area contributed by atoms with E-state index in [1.54, 1.807) is 0 Å². The highest BCUT2D eigenvalue weighted by Crippen LogP contribution is 2.24. The third-order valence-corrected chi connectivity index (χ3v) is 6.67. The van der Waals surface area contributed by atoms with Gasteiger partial charge in [-0.05, 0) is 43.2 Å². The van der Waals surface area contributed by atoms with Crippen molar-refractivity contribution in [3.8, 4) is 0 Å². The van der Waals surface area contributed by atoms with Crippen molar-refractivity contribution in [3.05, 3.63) is 83.9 Å². The summed E-state index contributed by atoms with van der Waals surface area (Å²) in [7, 11) is 0. The number of esters is 1. The molecule has 0 aromatic heterocycles. The number of benzene rings is 2. The van der Waals surface area contributed by atoms with Crippen LogP contribution < -0.4 is 10.6 Å². The van der Waals surface area contributed by atoms with E-state index in [9.17, 15) is 14.4 Å². The van der Waals surface area contributed by atoms with E-state index in [4.69, 9.17) is 14.6 Å². The zero-order valence-corrected chi connectivity index (χ0v) is 22.4. The molecule has 1 aliphatic rings. The second-order valence-corrected chi connectivity index (χ2v) is 9.69. The molecule has 2 aromatic rings. The molecule has 0 saturated carbocycles. The molecule has 0 aliphatic carbocycles. The number of allylic oxidation sites excluding steroid dienone is 2. The molecule has 3 atom stereocenters. The van der Waals surface area contributed by atoms with Crippen LogP contribution in [0.15, 0.2) is 72.8 Å². The topological polar surface area (TPSA) is 114 Å². The van der Waals surface area contributed by atoms with E-state index in [2.05, 4.69) is 10.6 Å². The molecule has 0 saturated heterocycles. The van der Waals surface area contributed by atoms with Gasteiger partial charge in [0, 0.05) is 13.0 Å². The Hall–Kier alpha value is -3.49. The van der Waals surface area contributed by atoms with Crippen LogP contribution in [0.5, 0.6) is 0 Å². The van der Waals surface area contributed by atoms with Crippen LogP contribution in [0.4, 0.5) is 0 Å². The number of ether oxygens (including phenoxy) is 2. The Balaban J connectivity index is 1.71. The van der Waals surface area contributed by atoms with Gasteiger partial charge >= 0.3 is 5.97 Å². The fourth-order valence-electron chi connectivity index (χ4n) is 4.54. The van der Waals surface area contributed by atoms with Crippen LogP contribution in [-0.2, 0) is 30.3 Å². The average molecular weight is 537 g/mol.